The van der Waals surface area contributed by atoms with Gasteiger partial charge in [0.25, 0.3) is 15.9 Å². The molecule has 1 N–H and O–H groups in total. The number of amides is 1. The summed E-state index contributed by atoms with van der Waals surface area (Å²) in [7, 11) is -7.52. The fraction of sp³-hybridized carbons (Fsp3) is 0.321. The first-order chi connectivity index (χ1) is 19.6. The maximum Gasteiger partial charge on any atom is 0.264 e. The molecule has 0 saturated carbocycles. The lowest BCUT2D eigenvalue weighted by Crippen LogP contribution is -2.51. The molecule has 5 rings (SSSR count). The van der Waals surface area contributed by atoms with Crippen molar-refractivity contribution in [3.63, 3.8) is 0 Å². The lowest BCUT2D eigenvalue weighted by atomic mass is 10.2. The van der Waals surface area contributed by atoms with Crippen molar-refractivity contribution in [2.75, 3.05) is 37.1 Å². The number of anilines is 1. The second kappa shape index (κ2) is 11.9. The summed E-state index contributed by atoms with van der Waals surface area (Å²) in [4.78, 5) is 13.3. The Morgan fingerprint density at radius 3 is 2.27 bits per heavy atom. The number of rotatable bonds is 9. The second-order valence-corrected chi connectivity index (χ2v) is 14.0. The molecule has 0 aromatic heterocycles. The minimum absolute atomic E-state index is 0.0859. The highest BCUT2D eigenvalue weighted by molar-refractivity contribution is 7.92. The summed E-state index contributed by atoms with van der Waals surface area (Å²) in [5, 5.41) is 3.05. The van der Waals surface area contributed by atoms with Gasteiger partial charge in [0.05, 0.1) is 28.6 Å². The molecule has 1 saturated heterocycles. The van der Waals surface area contributed by atoms with E-state index in [1.54, 1.807) is 30.3 Å². The van der Waals surface area contributed by atoms with Crippen molar-refractivity contribution in [3.05, 3.63) is 77.3 Å². The largest absolute Gasteiger partial charge is 0.492 e. The molecule has 3 aromatic carbocycles. The molecule has 2 heterocycles. The van der Waals surface area contributed by atoms with Crippen molar-refractivity contribution in [3.8, 4) is 11.5 Å². The molecule has 3 aromatic rings. The summed E-state index contributed by atoms with van der Waals surface area (Å²) >= 11 is 6.15. The van der Waals surface area contributed by atoms with Crippen molar-refractivity contribution in [2.24, 2.45) is 0 Å². The Labute approximate surface area is 244 Å². The van der Waals surface area contributed by atoms with Crippen molar-refractivity contribution in [1.29, 1.82) is 0 Å². The van der Waals surface area contributed by atoms with Crippen LogP contribution in [0.15, 0.2) is 76.5 Å². The molecule has 0 radical (unpaired) electrons. The van der Waals surface area contributed by atoms with Gasteiger partial charge >= 0.3 is 0 Å². The van der Waals surface area contributed by atoms with Crippen molar-refractivity contribution < 1.29 is 31.1 Å². The number of carbonyl (C=O) groups excluding carboxylic acids is 1. The van der Waals surface area contributed by atoms with Crippen LogP contribution in [0.25, 0.3) is 0 Å². The zero-order valence-corrected chi connectivity index (χ0v) is 24.7. The number of ether oxygens (including phenoxy) is 2. The number of carbonyl (C=O) groups is 1. The number of aryl methyl sites for hydroxylation is 1. The Morgan fingerprint density at radius 2 is 1.59 bits per heavy atom. The highest BCUT2D eigenvalue weighted by Crippen LogP contribution is 2.39. The van der Waals surface area contributed by atoms with Gasteiger partial charge in [-0.1, -0.05) is 29.3 Å². The van der Waals surface area contributed by atoms with Crippen LogP contribution >= 0.6 is 11.6 Å². The lowest BCUT2D eigenvalue weighted by Gasteiger charge is -2.34. The number of halogens is 1. The van der Waals surface area contributed by atoms with Crippen LogP contribution in [0.1, 0.15) is 18.4 Å². The number of benzene rings is 3. The van der Waals surface area contributed by atoms with E-state index < -0.39 is 32.1 Å². The normalized spacial score (nSPS) is 17.5. The Hall–Kier alpha value is -3.32. The first-order valence-electron chi connectivity index (χ1n) is 13.1. The van der Waals surface area contributed by atoms with Gasteiger partial charge in [-0.2, -0.15) is 4.31 Å². The number of sulfonamides is 2. The number of hydrogen-bond acceptors (Lipinski definition) is 7. The van der Waals surface area contributed by atoms with Gasteiger partial charge in [0, 0.05) is 18.1 Å². The van der Waals surface area contributed by atoms with E-state index in [0.717, 1.165) is 22.7 Å². The molecule has 2 aliphatic heterocycles. The Bertz CT molecular complexity index is 1620. The molecule has 41 heavy (non-hydrogen) atoms. The van der Waals surface area contributed by atoms with Crippen LogP contribution in [-0.4, -0.2) is 65.9 Å². The van der Waals surface area contributed by atoms with Crippen molar-refractivity contribution in [1.82, 2.24) is 9.62 Å². The SMILES string of the molecule is Cc1ccc(S(=O)(=O)N2C[C@@H](C(=O)NCCOc3ccc(S(=O)(=O)N4CCCC4)cc3)Oc3ccc(Cl)cc32)cc1. The second-order valence-electron chi connectivity index (χ2n) is 9.79. The quantitative estimate of drug-likeness (QED) is 0.363. The number of hydrogen-bond donors (Lipinski definition) is 1. The maximum absolute atomic E-state index is 13.6. The Morgan fingerprint density at radius 1 is 0.951 bits per heavy atom. The standard InChI is InChI=1S/C28H30ClN3O7S2/c1-20-4-9-24(10-5-20)41(36,37)32-19-27(39-26-13-6-21(29)18-25(26)32)28(33)30-14-17-38-22-7-11-23(12-8-22)40(34,35)31-15-2-3-16-31/h4-13,18,27H,2-3,14-17,19H2,1H3,(H,30,33)/t27-/m0/s1. The molecule has 218 valence electrons. The first-order valence-corrected chi connectivity index (χ1v) is 16.4. The smallest absolute Gasteiger partial charge is 0.264 e. The van der Waals surface area contributed by atoms with Gasteiger partial charge in [-0.05, 0) is 74.4 Å². The third-order valence-electron chi connectivity index (χ3n) is 6.89. The minimum atomic E-state index is -4.01. The van der Waals surface area contributed by atoms with Gasteiger partial charge in [-0.3, -0.25) is 9.10 Å². The lowest BCUT2D eigenvalue weighted by molar-refractivity contribution is -0.127. The van der Waals surface area contributed by atoms with Crippen LogP contribution in [0.2, 0.25) is 5.02 Å². The summed E-state index contributed by atoms with van der Waals surface area (Å²) in [6, 6.07) is 17.2. The van der Waals surface area contributed by atoms with E-state index in [1.165, 1.54) is 40.7 Å². The van der Waals surface area contributed by atoms with Crippen LogP contribution in [0.4, 0.5) is 5.69 Å². The molecule has 0 spiro atoms. The molecule has 13 heteroatoms. The van der Waals surface area contributed by atoms with E-state index in [-0.39, 0.29) is 40.9 Å². The summed E-state index contributed by atoms with van der Waals surface area (Å²) in [5.74, 6) is 0.164. The number of fused-ring (bicyclic) bond motifs is 1. The van der Waals surface area contributed by atoms with Gasteiger partial charge in [-0.15, -0.1) is 0 Å². The third-order valence-corrected chi connectivity index (χ3v) is 10.8. The molecule has 2 aliphatic rings. The van der Waals surface area contributed by atoms with Gasteiger partial charge in [0.1, 0.15) is 18.1 Å². The van der Waals surface area contributed by atoms with Crippen molar-refractivity contribution in [2.45, 2.75) is 35.7 Å². The third kappa shape index (κ3) is 6.30. The highest BCUT2D eigenvalue weighted by atomic mass is 35.5. The fourth-order valence-electron chi connectivity index (χ4n) is 4.67. The zero-order chi connectivity index (χ0) is 29.2. The Balaban J connectivity index is 1.21. The molecule has 0 unspecified atom stereocenters. The Kier molecular flexibility index (Phi) is 8.46. The van der Waals surface area contributed by atoms with Crippen LogP contribution in [-0.2, 0) is 24.8 Å². The number of nitrogens with zero attached hydrogens (tertiary/aromatic N) is 2. The predicted molar refractivity (Wildman–Crippen MR) is 155 cm³/mol. The molecule has 1 fully saturated rings. The van der Waals surface area contributed by atoms with Crippen LogP contribution < -0.4 is 19.1 Å². The van der Waals surface area contributed by atoms with E-state index in [2.05, 4.69) is 5.32 Å². The molecule has 10 nitrogen and oxygen atoms in total. The van der Waals surface area contributed by atoms with Crippen LogP contribution in [0.3, 0.4) is 0 Å². The molecular formula is C28H30ClN3O7S2. The van der Waals surface area contributed by atoms with Gasteiger partial charge < -0.3 is 14.8 Å². The summed E-state index contributed by atoms with van der Waals surface area (Å²) in [6.45, 7) is 2.89. The average Bonchev–Trinajstić information content (AvgIpc) is 3.51. The molecule has 1 amide bonds. The van der Waals surface area contributed by atoms with Crippen LogP contribution in [0, 0.1) is 6.92 Å². The van der Waals surface area contributed by atoms with Crippen molar-refractivity contribution >= 4 is 43.2 Å². The van der Waals surface area contributed by atoms with Gasteiger partial charge in [0.15, 0.2) is 6.10 Å². The topological polar surface area (TPSA) is 122 Å². The predicted octanol–water partition coefficient (Wildman–Crippen LogP) is 3.58. The first kappa shape index (κ1) is 29.2. The highest BCUT2D eigenvalue weighted by Gasteiger charge is 2.37. The van der Waals surface area contributed by atoms with E-state index in [0.29, 0.717) is 23.9 Å². The molecule has 1 atom stereocenters. The minimum Gasteiger partial charge on any atom is -0.492 e. The van der Waals surface area contributed by atoms with E-state index in [4.69, 9.17) is 21.1 Å². The summed E-state index contributed by atoms with van der Waals surface area (Å²) < 4.78 is 66.6. The van der Waals surface area contributed by atoms with E-state index >= 15 is 0 Å². The van der Waals surface area contributed by atoms with E-state index in [1.807, 2.05) is 6.92 Å². The fourth-order valence-corrected chi connectivity index (χ4v) is 7.82. The van der Waals surface area contributed by atoms with Gasteiger partial charge in [-0.25, -0.2) is 16.8 Å². The monoisotopic (exact) mass is 619 g/mol. The van der Waals surface area contributed by atoms with Crippen LogP contribution in [0.5, 0.6) is 11.5 Å². The van der Waals surface area contributed by atoms with Gasteiger partial charge in [0.2, 0.25) is 10.0 Å². The molecule has 0 aliphatic carbocycles. The average molecular weight is 620 g/mol. The molecule has 0 bridgehead atoms. The zero-order valence-electron chi connectivity index (χ0n) is 22.3. The maximum atomic E-state index is 13.6. The summed E-state index contributed by atoms with van der Waals surface area (Å²) in [5.41, 5.74) is 1.16. The summed E-state index contributed by atoms with van der Waals surface area (Å²) in [6.07, 6.45) is 0.609. The number of nitrogens with one attached hydrogen (secondary N) is 1. The molecular weight excluding hydrogens is 590 g/mol. The van der Waals surface area contributed by atoms with E-state index in [9.17, 15) is 21.6 Å².